The number of nitrogens with zero attached hydrogens (tertiary/aromatic N) is 2. The lowest BCUT2D eigenvalue weighted by molar-refractivity contribution is 0.00431. The van der Waals surface area contributed by atoms with Gasteiger partial charge in [-0.3, -0.25) is 4.90 Å². The van der Waals surface area contributed by atoms with Crippen molar-refractivity contribution in [3.8, 4) is 0 Å². The Morgan fingerprint density at radius 2 is 2.10 bits per heavy atom. The number of aromatic carboxylic acids is 1. The van der Waals surface area contributed by atoms with E-state index in [9.17, 15) is 9.59 Å². The van der Waals surface area contributed by atoms with Gasteiger partial charge in [0.25, 0.3) is 0 Å². The first-order valence-corrected chi connectivity index (χ1v) is 7.02. The van der Waals surface area contributed by atoms with Gasteiger partial charge in [-0.05, 0) is 25.2 Å². The third-order valence-corrected chi connectivity index (χ3v) is 4.23. The highest BCUT2D eigenvalue weighted by atomic mass is 16.6. The maximum absolute atomic E-state index is 12.3. The van der Waals surface area contributed by atoms with Gasteiger partial charge in [0.15, 0.2) is 0 Å². The Kier molecular flexibility index (Phi) is 3.33. The van der Waals surface area contributed by atoms with Gasteiger partial charge in [-0.25, -0.2) is 9.59 Å². The molecule has 2 heterocycles. The van der Waals surface area contributed by atoms with Crippen LogP contribution >= 0.6 is 0 Å². The van der Waals surface area contributed by atoms with Crippen molar-refractivity contribution in [3.63, 3.8) is 0 Å². The van der Waals surface area contributed by atoms with E-state index >= 15 is 0 Å². The van der Waals surface area contributed by atoms with Crippen LogP contribution in [0.2, 0.25) is 0 Å². The minimum Gasteiger partial charge on any atom is -0.478 e. The summed E-state index contributed by atoms with van der Waals surface area (Å²) in [5.41, 5.74) is 0.370. The second-order valence-corrected chi connectivity index (χ2v) is 5.80. The zero-order valence-electron chi connectivity index (χ0n) is 11.9. The van der Waals surface area contributed by atoms with Crippen molar-refractivity contribution < 1.29 is 19.4 Å². The van der Waals surface area contributed by atoms with Gasteiger partial charge in [0.1, 0.15) is 5.60 Å². The molecule has 1 aromatic rings. The zero-order chi connectivity index (χ0) is 15.0. The highest BCUT2D eigenvalue weighted by molar-refractivity contribution is 5.93. The van der Waals surface area contributed by atoms with E-state index < -0.39 is 5.97 Å². The van der Waals surface area contributed by atoms with E-state index in [0.717, 1.165) is 25.9 Å². The molecule has 6 heteroatoms. The molecule has 2 aliphatic heterocycles. The molecule has 2 aliphatic rings. The lowest BCUT2D eigenvalue weighted by Gasteiger charge is -2.38. The van der Waals surface area contributed by atoms with Crippen LogP contribution < -0.4 is 4.90 Å². The summed E-state index contributed by atoms with van der Waals surface area (Å²) in [5.74, 6) is -1.00. The fourth-order valence-corrected chi connectivity index (χ4v) is 3.07. The van der Waals surface area contributed by atoms with Crippen LogP contribution in [0.1, 0.15) is 23.2 Å². The molecule has 2 fully saturated rings. The van der Waals surface area contributed by atoms with E-state index in [-0.39, 0.29) is 17.3 Å². The number of ether oxygens (including phenoxy) is 1. The van der Waals surface area contributed by atoms with E-state index in [2.05, 4.69) is 4.90 Å². The Labute approximate surface area is 122 Å². The van der Waals surface area contributed by atoms with E-state index in [0.29, 0.717) is 12.2 Å². The number of carbonyl (C=O) groups is 2. The SMILES string of the molecule is CN1CCC2(CCN(c3cccc(C(=O)O)c3)C(=O)O2)C1. The van der Waals surface area contributed by atoms with Crippen molar-refractivity contribution in [1.82, 2.24) is 4.90 Å². The molecular weight excluding hydrogens is 272 g/mol. The molecule has 112 valence electrons. The molecule has 3 rings (SSSR count). The zero-order valence-corrected chi connectivity index (χ0v) is 11.9. The predicted molar refractivity (Wildman–Crippen MR) is 76.7 cm³/mol. The van der Waals surface area contributed by atoms with Gasteiger partial charge < -0.3 is 14.7 Å². The van der Waals surface area contributed by atoms with Crippen LogP contribution in [0.4, 0.5) is 10.5 Å². The fraction of sp³-hybridized carbons (Fsp3) is 0.467. The Morgan fingerprint density at radius 1 is 1.33 bits per heavy atom. The molecule has 6 nitrogen and oxygen atoms in total. The molecule has 0 saturated carbocycles. The van der Waals surface area contributed by atoms with Crippen LogP contribution in [0, 0.1) is 0 Å². The predicted octanol–water partition coefficient (Wildman–Crippen LogP) is 1.81. The second kappa shape index (κ2) is 5.04. The van der Waals surface area contributed by atoms with E-state index in [1.165, 1.54) is 17.0 Å². The van der Waals surface area contributed by atoms with Crippen LogP contribution in [0.5, 0.6) is 0 Å². The third kappa shape index (κ3) is 2.58. The number of likely N-dealkylation sites (tertiary alicyclic amines) is 1. The van der Waals surface area contributed by atoms with Crippen molar-refractivity contribution in [3.05, 3.63) is 29.8 Å². The van der Waals surface area contributed by atoms with Crippen LogP contribution in [0.3, 0.4) is 0 Å². The van der Waals surface area contributed by atoms with E-state index in [1.807, 2.05) is 7.05 Å². The number of anilines is 1. The van der Waals surface area contributed by atoms with Gasteiger partial charge in [-0.15, -0.1) is 0 Å². The standard InChI is InChI=1S/C15H18N2O4/c1-16-7-5-15(10-16)6-8-17(14(20)21-15)12-4-2-3-11(9-12)13(18)19/h2-4,9H,5-8,10H2,1H3,(H,18,19). The van der Waals surface area contributed by atoms with Gasteiger partial charge in [0, 0.05) is 38.2 Å². The van der Waals surface area contributed by atoms with Gasteiger partial charge in [0.05, 0.1) is 5.56 Å². The van der Waals surface area contributed by atoms with Gasteiger partial charge in [-0.2, -0.15) is 0 Å². The minimum absolute atomic E-state index is 0.168. The Hall–Kier alpha value is -2.08. The molecule has 0 bridgehead atoms. The molecule has 1 aromatic carbocycles. The number of rotatable bonds is 2. The highest BCUT2D eigenvalue weighted by Crippen LogP contribution is 2.34. The fourth-order valence-electron chi connectivity index (χ4n) is 3.07. The highest BCUT2D eigenvalue weighted by Gasteiger charge is 2.45. The Bertz CT molecular complexity index is 589. The number of likely N-dealkylation sites (N-methyl/N-ethyl adjacent to an activating group) is 1. The van der Waals surface area contributed by atoms with Crippen molar-refractivity contribution in [2.45, 2.75) is 18.4 Å². The molecular formula is C15H18N2O4. The summed E-state index contributed by atoms with van der Waals surface area (Å²) < 4.78 is 5.67. The molecule has 1 N–H and O–H groups in total. The summed E-state index contributed by atoms with van der Waals surface area (Å²) in [6.07, 6.45) is 1.23. The van der Waals surface area contributed by atoms with Gasteiger partial charge >= 0.3 is 12.1 Å². The number of hydrogen-bond acceptors (Lipinski definition) is 4. The van der Waals surface area contributed by atoms with E-state index in [4.69, 9.17) is 9.84 Å². The number of carbonyl (C=O) groups excluding carboxylic acids is 1. The lowest BCUT2D eigenvalue weighted by Crippen LogP contribution is -2.51. The lowest BCUT2D eigenvalue weighted by atomic mass is 9.96. The summed E-state index contributed by atoms with van der Waals surface area (Å²) in [6, 6.07) is 6.38. The maximum atomic E-state index is 12.3. The second-order valence-electron chi connectivity index (χ2n) is 5.80. The molecule has 0 radical (unpaired) electrons. The average Bonchev–Trinajstić information content (AvgIpc) is 2.80. The van der Waals surface area contributed by atoms with Crippen LogP contribution in [-0.2, 0) is 4.74 Å². The summed E-state index contributed by atoms with van der Waals surface area (Å²) in [7, 11) is 2.02. The molecule has 21 heavy (non-hydrogen) atoms. The summed E-state index contributed by atoms with van der Waals surface area (Å²) in [4.78, 5) is 27.0. The monoisotopic (exact) mass is 290 g/mol. The van der Waals surface area contributed by atoms with Crippen molar-refractivity contribution in [2.24, 2.45) is 0 Å². The summed E-state index contributed by atoms with van der Waals surface area (Å²) in [5, 5.41) is 9.03. The number of hydrogen-bond donors (Lipinski definition) is 1. The van der Waals surface area contributed by atoms with Crippen LogP contribution in [-0.4, -0.2) is 54.4 Å². The maximum Gasteiger partial charge on any atom is 0.414 e. The molecule has 1 spiro atoms. The topological polar surface area (TPSA) is 70.1 Å². The quantitative estimate of drug-likeness (QED) is 0.899. The molecule has 0 aromatic heterocycles. The average molecular weight is 290 g/mol. The van der Waals surface area contributed by atoms with Crippen LogP contribution in [0.25, 0.3) is 0 Å². The van der Waals surface area contributed by atoms with Gasteiger partial charge in [0.2, 0.25) is 0 Å². The van der Waals surface area contributed by atoms with Crippen molar-refractivity contribution in [2.75, 3.05) is 31.6 Å². The van der Waals surface area contributed by atoms with Crippen LogP contribution in [0.15, 0.2) is 24.3 Å². The van der Waals surface area contributed by atoms with Crippen molar-refractivity contribution >= 4 is 17.7 Å². The third-order valence-electron chi connectivity index (χ3n) is 4.23. The molecule has 1 amide bonds. The first-order valence-electron chi connectivity index (χ1n) is 7.02. The number of carboxylic acids is 1. The minimum atomic E-state index is -1.00. The number of benzene rings is 1. The Balaban J connectivity index is 1.78. The molecule has 0 aliphatic carbocycles. The number of amides is 1. The first kappa shape index (κ1) is 13.9. The Morgan fingerprint density at radius 3 is 2.71 bits per heavy atom. The first-order chi connectivity index (χ1) is 9.99. The summed E-state index contributed by atoms with van der Waals surface area (Å²) in [6.45, 7) is 2.25. The molecule has 1 unspecified atom stereocenters. The molecule has 1 atom stereocenters. The van der Waals surface area contributed by atoms with Crippen molar-refractivity contribution in [1.29, 1.82) is 0 Å². The smallest absolute Gasteiger partial charge is 0.414 e. The summed E-state index contributed by atoms with van der Waals surface area (Å²) >= 11 is 0. The number of carboxylic acid groups (broad SMARTS) is 1. The van der Waals surface area contributed by atoms with E-state index in [1.54, 1.807) is 12.1 Å². The van der Waals surface area contributed by atoms with Gasteiger partial charge in [-0.1, -0.05) is 6.07 Å². The largest absolute Gasteiger partial charge is 0.478 e. The molecule has 2 saturated heterocycles. The normalized spacial score (nSPS) is 26.1.